The standard InChI is InChI=1S/C12H13N3O2/c16-11-8-9(10-4-3-5-13-14-10)12(17-11)15-6-1-2-7-15/h3-5,8,12H,1-2,6-7H2. The number of cyclic esters (lactones) is 1. The molecule has 0 amide bonds. The first-order chi connectivity index (χ1) is 8.34. The second-order valence-corrected chi connectivity index (χ2v) is 4.24. The Labute approximate surface area is 99.1 Å². The number of esters is 1. The highest BCUT2D eigenvalue weighted by atomic mass is 16.6. The molecular weight excluding hydrogens is 218 g/mol. The SMILES string of the molecule is O=C1C=C(c2cccnn2)C(N2CCCC2)O1. The van der Waals surface area contributed by atoms with Gasteiger partial charge in [-0.25, -0.2) is 4.79 Å². The fraction of sp³-hybridized carbons (Fsp3) is 0.417. The second kappa shape index (κ2) is 4.25. The summed E-state index contributed by atoms with van der Waals surface area (Å²) in [5.74, 6) is -0.289. The van der Waals surface area contributed by atoms with Crippen LogP contribution >= 0.6 is 0 Å². The van der Waals surface area contributed by atoms with E-state index in [0.29, 0.717) is 0 Å². The highest BCUT2D eigenvalue weighted by molar-refractivity contribution is 5.96. The zero-order chi connectivity index (χ0) is 11.7. The van der Waals surface area contributed by atoms with Crippen LogP contribution in [0.4, 0.5) is 0 Å². The summed E-state index contributed by atoms with van der Waals surface area (Å²) in [5.41, 5.74) is 1.54. The van der Waals surface area contributed by atoms with Crippen molar-refractivity contribution in [3.05, 3.63) is 30.1 Å². The Balaban J connectivity index is 1.90. The number of hydrogen-bond donors (Lipinski definition) is 0. The van der Waals surface area contributed by atoms with Crippen LogP contribution in [0.25, 0.3) is 5.57 Å². The van der Waals surface area contributed by atoms with Gasteiger partial charge in [-0.15, -0.1) is 0 Å². The lowest BCUT2D eigenvalue weighted by atomic mass is 10.1. The zero-order valence-corrected chi connectivity index (χ0v) is 9.37. The number of aromatic nitrogens is 2. The Hall–Kier alpha value is -1.75. The van der Waals surface area contributed by atoms with E-state index < -0.39 is 0 Å². The van der Waals surface area contributed by atoms with Crippen LogP contribution in [0, 0.1) is 0 Å². The first-order valence-electron chi connectivity index (χ1n) is 5.79. The summed E-state index contributed by atoms with van der Waals surface area (Å²) in [7, 11) is 0. The predicted molar refractivity (Wildman–Crippen MR) is 60.7 cm³/mol. The predicted octanol–water partition coefficient (Wildman–Crippen LogP) is 0.839. The normalized spacial score (nSPS) is 24.8. The van der Waals surface area contributed by atoms with Crippen LogP contribution in [0.1, 0.15) is 18.5 Å². The average Bonchev–Trinajstić information content (AvgIpc) is 2.98. The summed E-state index contributed by atoms with van der Waals surface area (Å²) in [5, 5.41) is 7.88. The van der Waals surface area contributed by atoms with Gasteiger partial charge in [-0.1, -0.05) is 0 Å². The van der Waals surface area contributed by atoms with E-state index in [9.17, 15) is 4.79 Å². The summed E-state index contributed by atoms with van der Waals surface area (Å²) >= 11 is 0. The van der Waals surface area contributed by atoms with Gasteiger partial charge in [-0.05, 0) is 25.0 Å². The summed E-state index contributed by atoms with van der Waals surface area (Å²) in [6, 6.07) is 3.66. The van der Waals surface area contributed by atoms with Crippen LogP contribution in [0.5, 0.6) is 0 Å². The van der Waals surface area contributed by atoms with Crippen LogP contribution in [0.3, 0.4) is 0 Å². The number of nitrogens with zero attached hydrogens (tertiary/aromatic N) is 3. The molecular formula is C12H13N3O2. The third-order valence-corrected chi connectivity index (χ3v) is 3.11. The molecule has 1 aromatic rings. The van der Waals surface area contributed by atoms with Gasteiger partial charge in [0.2, 0.25) is 0 Å². The van der Waals surface area contributed by atoms with Gasteiger partial charge in [-0.3, -0.25) is 4.90 Å². The van der Waals surface area contributed by atoms with E-state index >= 15 is 0 Å². The largest absolute Gasteiger partial charge is 0.439 e. The van der Waals surface area contributed by atoms with Crippen molar-refractivity contribution in [2.75, 3.05) is 13.1 Å². The molecule has 0 saturated carbocycles. The van der Waals surface area contributed by atoms with E-state index in [-0.39, 0.29) is 12.2 Å². The smallest absolute Gasteiger partial charge is 0.333 e. The maximum Gasteiger partial charge on any atom is 0.333 e. The van der Waals surface area contributed by atoms with Crippen molar-refractivity contribution in [3.63, 3.8) is 0 Å². The molecule has 0 bridgehead atoms. The molecule has 2 aliphatic heterocycles. The van der Waals surface area contributed by atoms with Gasteiger partial charge in [0.25, 0.3) is 0 Å². The molecule has 0 radical (unpaired) electrons. The first kappa shape index (κ1) is 10.4. The third-order valence-electron chi connectivity index (χ3n) is 3.11. The molecule has 17 heavy (non-hydrogen) atoms. The van der Waals surface area contributed by atoms with Crippen molar-refractivity contribution in [1.29, 1.82) is 0 Å². The van der Waals surface area contributed by atoms with Gasteiger partial charge in [0.1, 0.15) is 0 Å². The molecule has 0 spiro atoms. The maximum absolute atomic E-state index is 11.4. The number of hydrogen-bond acceptors (Lipinski definition) is 5. The minimum Gasteiger partial charge on any atom is -0.439 e. The lowest BCUT2D eigenvalue weighted by molar-refractivity contribution is -0.144. The minimum atomic E-state index is -0.289. The number of likely N-dealkylation sites (tertiary alicyclic amines) is 1. The van der Waals surface area contributed by atoms with Crippen LogP contribution < -0.4 is 0 Å². The highest BCUT2D eigenvalue weighted by Gasteiger charge is 2.34. The lowest BCUT2D eigenvalue weighted by Gasteiger charge is -2.24. The van der Waals surface area contributed by atoms with Crippen molar-refractivity contribution in [2.24, 2.45) is 0 Å². The number of carbonyl (C=O) groups excluding carboxylic acids is 1. The molecule has 1 fully saturated rings. The summed E-state index contributed by atoms with van der Waals surface area (Å²) in [6.07, 6.45) is 5.17. The van der Waals surface area contributed by atoms with E-state index in [4.69, 9.17) is 4.74 Å². The molecule has 2 aliphatic rings. The van der Waals surface area contributed by atoms with E-state index in [0.717, 1.165) is 37.2 Å². The van der Waals surface area contributed by atoms with Gasteiger partial charge in [0.05, 0.1) is 5.69 Å². The quantitative estimate of drug-likeness (QED) is 0.706. The van der Waals surface area contributed by atoms with Crippen LogP contribution in [0.2, 0.25) is 0 Å². The Morgan fingerprint density at radius 2 is 2.18 bits per heavy atom. The maximum atomic E-state index is 11.4. The number of rotatable bonds is 2. The molecule has 1 saturated heterocycles. The monoisotopic (exact) mass is 231 g/mol. The van der Waals surface area contributed by atoms with Crippen LogP contribution in [-0.4, -0.2) is 40.4 Å². The van der Waals surface area contributed by atoms with E-state index in [1.165, 1.54) is 6.08 Å². The van der Waals surface area contributed by atoms with Crippen molar-refractivity contribution in [2.45, 2.75) is 19.1 Å². The molecule has 0 aromatic carbocycles. The van der Waals surface area contributed by atoms with Gasteiger partial charge < -0.3 is 4.74 Å². The molecule has 3 rings (SSSR count). The first-order valence-corrected chi connectivity index (χ1v) is 5.79. The molecule has 5 nitrogen and oxygen atoms in total. The van der Waals surface area contributed by atoms with Crippen molar-refractivity contribution in [3.8, 4) is 0 Å². The molecule has 1 unspecified atom stereocenters. The molecule has 88 valence electrons. The van der Waals surface area contributed by atoms with Gasteiger partial charge in [-0.2, -0.15) is 10.2 Å². The second-order valence-electron chi connectivity index (χ2n) is 4.24. The summed E-state index contributed by atoms with van der Waals surface area (Å²) in [4.78, 5) is 13.6. The Kier molecular flexibility index (Phi) is 2.60. The fourth-order valence-electron chi connectivity index (χ4n) is 2.31. The van der Waals surface area contributed by atoms with E-state index in [2.05, 4.69) is 15.1 Å². The highest BCUT2D eigenvalue weighted by Crippen LogP contribution is 2.29. The average molecular weight is 231 g/mol. The molecule has 5 heteroatoms. The van der Waals surface area contributed by atoms with E-state index in [1.807, 2.05) is 12.1 Å². The molecule has 1 atom stereocenters. The zero-order valence-electron chi connectivity index (χ0n) is 9.37. The Morgan fingerprint density at radius 3 is 2.88 bits per heavy atom. The molecule has 0 aliphatic carbocycles. The number of carbonyl (C=O) groups is 1. The third kappa shape index (κ3) is 1.93. The van der Waals surface area contributed by atoms with Crippen molar-refractivity contribution >= 4 is 11.5 Å². The van der Waals surface area contributed by atoms with Crippen LogP contribution in [0.15, 0.2) is 24.4 Å². The van der Waals surface area contributed by atoms with Crippen molar-refractivity contribution in [1.82, 2.24) is 15.1 Å². The summed E-state index contributed by atoms with van der Waals surface area (Å²) in [6.45, 7) is 1.94. The van der Waals surface area contributed by atoms with Gasteiger partial charge in [0, 0.05) is 30.9 Å². The minimum absolute atomic E-state index is 0.276. The topological polar surface area (TPSA) is 55.3 Å². The Morgan fingerprint density at radius 1 is 1.35 bits per heavy atom. The van der Waals surface area contributed by atoms with Crippen molar-refractivity contribution < 1.29 is 9.53 Å². The van der Waals surface area contributed by atoms with Gasteiger partial charge >= 0.3 is 5.97 Å². The molecule has 3 heterocycles. The van der Waals surface area contributed by atoms with Crippen LogP contribution in [-0.2, 0) is 9.53 Å². The summed E-state index contributed by atoms with van der Waals surface area (Å²) < 4.78 is 5.34. The fourth-order valence-corrected chi connectivity index (χ4v) is 2.31. The number of ether oxygens (including phenoxy) is 1. The van der Waals surface area contributed by atoms with E-state index in [1.54, 1.807) is 6.20 Å². The molecule has 1 aromatic heterocycles. The lowest BCUT2D eigenvalue weighted by Crippen LogP contribution is -2.34. The van der Waals surface area contributed by atoms with Gasteiger partial charge in [0.15, 0.2) is 6.23 Å². The molecule has 0 N–H and O–H groups in total. The Bertz CT molecular complexity index is 452.